The van der Waals surface area contributed by atoms with Gasteiger partial charge in [-0.1, -0.05) is 84.9 Å². The highest BCUT2D eigenvalue weighted by atomic mass is 15.1. The van der Waals surface area contributed by atoms with Gasteiger partial charge in [0.05, 0.1) is 11.0 Å². The molecule has 0 aliphatic heterocycles. The average Bonchev–Trinajstić information content (AvgIpc) is 3.46. The molecule has 2 nitrogen and oxygen atoms in total. The Morgan fingerprint density at radius 1 is 0.396 bits per heavy atom. The number of para-hydroxylation sites is 4. The number of rotatable bonds is 4. The largest absolute Gasteiger partial charge is 0.310 e. The standard InChI is InChI=1S/C46H32N2/c1-29-11-3-7-15-43(29)47(44-16-8-4-12-30(44)2)35-21-19-31-25-39-41(27-33(31)23-35)40-26-32-20-22-36(24-34(32)28-42(39)40)48-45-17-9-5-13-37(45)38-14-6-10-18-46(38)48/h3-28H,1-2H3. The zero-order valence-corrected chi connectivity index (χ0v) is 26.9. The van der Waals surface area contributed by atoms with Crippen LogP contribution in [0.4, 0.5) is 17.1 Å². The van der Waals surface area contributed by atoms with Crippen molar-refractivity contribution in [3.63, 3.8) is 0 Å². The van der Waals surface area contributed by atoms with Gasteiger partial charge in [-0.05, 0) is 142 Å². The summed E-state index contributed by atoms with van der Waals surface area (Å²) in [6.45, 7) is 4.38. The second kappa shape index (κ2) is 10.2. The Hall–Kier alpha value is -6.12. The molecule has 0 spiro atoms. The fourth-order valence-electron chi connectivity index (χ4n) is 7.91. The summed E-state index contributed by atoms with van der Waals surface area (Å²) in [5, 5.41) is 7.62. The van der Waals surface area contributed by atoms with E-state index in [2.05, 4.69) is 181 Å². The summed E-state index contributed by atoms with van der Waals surface area (Å²) in [7, 11) is 0. The van der Waals surface area contributed by atoms with E-state index in [1.54, 1.807) is 0 Å². The fourth-order valence-corrected chi connectivity index (χ4v) is 7.91. The molecule has 2 heteroatoms. The van der Waals surface area contributed by atoms with Gasteiger partial charge < -0.3 is 9.47 Å². The Labute approximate surface area is 279 Å². The van der Waals surface area contributed by atoms with E-state index in [4.69, 9.17) is 0 Å². The van der Waals surface area contributed by atoms with Gasteiger partial charge in [-0.3, -0.25) is 0 Å². The van der Waals surface area contributed by atoms with Gasteiger partial charge >= 0.3 is 0 Å². The second-order valence-corrected chi connectivity index (χ2v) is 13.1. The molecule has 1 aliphatic rings. The van der Waals surface area contributed by atoms with Crippen molar-refractivity contribution in [1.29, 1.82) is 0 Å². The third-order valence-electron chi connectivity index (χ3n) is 10.3. The van der Waals surface area contributed by atoms with E-state index in [0.29, 0.717) is 0 Å². The maximum Gasteiger partial charge on any atom is 0.0541 e. The molecular weight excluding hydrogens is 581 g/mol. The van der Waals surface area contributed by atoms with Crippen LogP contribution in [0.15, 0.2) is 158 Å². The lowest BCUT2D eigenvalue weighted by atomic mass is 9.78. The van der Waals surface area contributed by atoms with Crippen molar-refractivity contribution in [2.75, 3.05) is 4.90 Å². The maximum absolute atomic E-state index is 2.40. The zero-order valence-electron chi connectivity index (χ0n) is 26.9. The molecule has 0 saturated heterocycles. The maximum atomic E-state index is 2.40. The Balaban J connectivity index is 1.08. The highest BCUT2D eigenvalue weighted by molar-refractivity contribution is 6.13. The lowest BCUT2D eigenvalue weighted by Crippen LogP contribution is -2.12. The third-order valence-corrected chi connectivity index (χ3v) is 10.3. The number of fused-ring (bicyclic) bond motifs is 9. The number of aromatic nitrogens is 1. The molecule has 0 unspecified atom stereocenters. The Morgan fingerprint density at radius 3 is 1.42 bits per heavy atom. The first-order valence-electron chi connectivity index (χ1n) is 16.7. The van der Waals surface area contributed by atoms with E-state index in [9.17, 15) is 0 Å². The van der Waals surface area contributed by atoms with E-state index in [-0.39, 0.29) is 0 Å². The van der Waals surface area contributed by atoms with Crippen LogP contribution < -0.4 is 4.90 Å². The van der Waals surface area contributed by atoms with Crippen LogP contribution >= 0.6 is 0 Å². The third kappa shape index (κ3) is 3.93. The summed E-state index contributed by atoms with van der Waals surface area (Å²) in [5.74, 6) is 0. The van der Waals surface area contributed by atoms with Crippen LogP contribution in [0.3, 0.4) is 0 Å². The topological polar surface area (TPSA) is 8.17 Å². The molecule has 226 valence electrons. The van der Waals surface area contributed by atoms with Gasteiger partial charge in [0.1, 0.15) is 0 Å². The molecule has 0 atom stereocenters. The van der Waals surface area contributed by atoms with Crippen LogP contribution in [0.5, 0.6) is 0 Å². The molecule has 48 heavy (non-hydrogen) atoms. The molecule has 0 fully saturated rings. The summed E-state index contributed by atoms with van der Waals surface area (Å²) in [5.41, 5.74) is 15.1. The molecule has 0 radical (unpaired) electrons. The first-order valence-corrected chi connectivity index (χ1v) is 16.7. The second-order valence-electron chi connectivity index (χ2n) is 13.1. The van der Waals surface area contributed by atoms with Gasteiger partial charge in [-0.15, -0.1) is 0 Å². The van der Waals surface area contributed by atoms with Crippen LogP contribution in [0.1, 0.15) is 11.1 Å². The van der Waals surface area contributed by atoms with E-state index < -0.39 is 0 Å². The van der Waals surface area contributed by atoms with Gasteiger partial charge in [0, 0.05) is 33.5 Å². The summed E-state index contributed by atoms with van der Waals surface area (Å²) >= 11 is 0. The van der Waals surface area contributed by atoms with Gasteiger partial charge in [0.2, 0.25) is 0 Å². The van der Waals surface area contributed by atoms with E-state index in [1.807, 2.05) is 0 Å². The number of aryl methyl sites for hydroxylation is 2. The first-order chi connectivity index (χ1) is 23.6. The molecule has 1 aromatic heterocycles. The van der Waals surface area contributed by atoms with Crippen molar-refractivity contribution >= 4 is 60.4 Å². The summed E-state index contributed by atoms with van der Waals surface area (Å²) in [6.07, 6.45) is 0. The number of benzene rings is 8. The van der Waals surface area contributed by atoms with Crippen molar-refractivity contribution in [2.24, 2.45) is 0 Å². The van der Waals surface area contributed by atoms with Gasteiger partial charge in [0.25, 0.3) is 0 Å². The Bertz CT molecular complexity index is 2670. The molecule has 0 bridgehead atoms. The highest BCUT2D eigenvalue weighted by Crippen LogP contribution is 2.51. The van der Waals surface area contributed by atoms with Crippen LogP contribution in [0.2, 0.25) is 0 Å². The van der Waals surface area contributed by atoms with E-state index in [0.717, 1.165) is 0 Å². The average molecular weight is 613 g/mol. The molecule has 9 aromatic rings. The minimum Gasteiger partial charge on any atom is -0.310 e. The summed E-state index contributed by atoms with van der Waals surface area (Å²) in [4.78, 5) is 2.40. The van der Waals surface area contributed by atoms with Crippen molar-refractivity contribution in [2.45, 2.75) is 13.8 Å². The van der Waals surface area contributed by atoms with Crippen LogP contribution in [0.25, 0.3) is 71.3 Å². The Kier molecular flexibility index (Phi) is 5.74. The molecule has 10 rings (SSSR count). The predicted molar refractivity (Wildman–Crippen MR) is 204 cm³/mol. The minimum absolute atomic E-state index is 1.17. The molecule has 0 saturated carbocycles. The molecule has 1 aliphatic carbocycles. The highest BCUT2D eigenvalue weighted by Gasteiger charge is 2.25. The Morgan fingerprint density at radius 2 is 0.854 bits per heavy atom. The summed E-state index contributed by atoms with van der Waals surface area (Å²) in [6, 6.07) is 58.1. The number of anilines is 3. The smallest absolute Gasteiger partial charge is 0.0541 e. The molecule has 8 aromatic carbocycles. The lowest BCUT2D eigenvalue weighted by molar-refractivity contribution is 1.19. The monoisotopic (exact) mass is 612 g/mol. The zero-order chi connectivity index (χ0) is 31.9. The molecular formula is C46H32N2. The van der Waals surface area contributed by atoms with Crippen LogP contribution in [-0.4, -0.2) is 4.57 Å². The van der Waals surface area contributed by atoms with Gasteiger partial charge in [0.15, 0.2) is 0 Å². The molecule has 0 amide bonds. The van der Waals surface area contributed by atoms with E-state index in [1.165, 1.54) is 99.5 Å². The van der Waals surface area contributed by atoms with Crippen molar-refractivity contribution in [1.82, 2.24) is 4.57 Å². The van der Waals surface area contributed by atoms with Gasteiger partial charge in [-0.25, -0.2) is 0 Å². The van der Waals surface area contributed by atoms with Gasteiger partial charge in [-0.2, -0.15) is 0 Å². The van der Waals surface area contributed by atoms with Crippen LogP contribution in [-0.2, 0) is 0 Å². The van der Waals surface area contributed by atoms with Crippen molar-refractivity contribution in [3.05, 3.63) is 169 Å². The number of nitrogens with zero attached hydrogens (tertiary/aromatic N) is 2. The fraction of sp³-hybridized carbons (Fsp3) is 0.0435. The van der Waals surface area contributed by atoms with E-state index >= 15 is 0 Å². The predicted octanol–water partition coefficient (Wildman–Crippen LogP) is 12.8. The van der Waals surface area contributed by atoms with Crippen molar-refractivity contribution in [3.8, 4) is 27.9 Å². The SMILES string of the molecule is Cc1ccccc1N(c1ccc2cc3c(cc2c1)-c1cc2ccc(-n4c5ccccc5c5ccccc54)cc2cc1-3)c1ccccc1C. The quantitative estimate of drug-likeness (QED) is 0.192. The first kappa shape index (κ1) is 27.0. The summed E-state index contributed by atoms with van der Waals surface area (Å²) < 4.78 is 2.40. The number of hydrogen-bond acceptors (Lipinski definition) is 1. The van der Waals surface area contributed by atoms with Crippen LogP contribution in [0, 0.1) is 13.8 Å². The van der Waals surface area contributed by atoms with Crippen molar-refractivity contribution < 1.29 is 0 Å². The molecule has 1 heterocycles. The number of hydrogen-bond donors (Lipinski definition) is 0. The molecule has 0 N–H and O–H groups in total. The lowest BCUT2D eigenvalue weighted by Gasteiger charge is -2.29. The normalized spacial score (nSPS) is 12.0. The minimum atomic E-state index is 1.17.